The minimum absolute atomic E-state index is 0.0805. The van der Waals surface area contributed by atoms with Crippen molar-refractivity contribution >= 4 is 17.5 Å². The Morgan fingerprint density at radius 2 is 1.82 bits per heavy atom. The number of rotatable bonds is 2. The highest BCUT2D eigenvalue weighted by Gasteiger charge is 2.24. The molecule has 0 saturated carbocycles. The maximum atomic E-state index is 12.7. The van der Waals surface area contributed by atoms with Crippen LogP contribution in [0.15, 0.2) is 48.5 Å². The molecule has 0 atom stereocenters. The Hall–Kier alpha value is -2.66. The summed E-state index contributed by atoms with van der Waals surface area (Å²) < 4.78 is 0. The van der Waals surface area contributed by atoms with E-state index >= 15 is 0 Å². The van der Waals surface area contributed by atoms with Gasteiger partial charge in [-0.1, -0.05) is 24.3 Å². The molecule has 5 nitrogen and oxygen atoms in total. The molecule has 112 valence electrons. The molecule has 2 amide bonds. The van der Waals surface area contributed by atoms with Gasteiger partial charge in [-0.05, 0) is 42.7 Å². The molecule has 0 aromatic heterocycles. The Bertz CT molecular complexity index is 713. The van der Waals surface area contributed by atoms with Gasteiger partial charge in [-0.15, -0.1) is 0 Å². The summed E-state index contributed by atoms with van der Waals surface area (Å²) in [5.74, 6) is -0.663. The third-order valence-electron chi connectivity index (χ3n) is 3.83. The molecule has 5 heteroatoms. The molecule has 1 aliphatic rings. The first kappa shape index (κ1) is 14.3. The van der Waals surface area contributed by atoms with Crippen LogP contribution in [-0.2, 0) is 6.42 Å². The van der Waals surface area contributed by atoms with E-state index < -0.39 is 5.91 Å². The summed E-state index contributed by atoms with van der Waals surface area (Å²) in [4.78, 5) is 26.0. The molecule has 22 heavy (non-hydrogen) atoms. The summed E-state index contributed by atoms with van der Waals surface area (Å²) in [6.07, 6.45) is 1.76. The fourth-order valence-corrected chi connectivity index (χ4v) is 2.73. The van der Waals surface area contributed by atoms with Crippen LogP contribution < -0.4 is 10.4 Å². The highest BCUT2D eigenvalue weighted by Crippen LogP contribution is 2.29. The highest BCUT2D eigenvalue weighted by molar-refractivity contribution is 6.07. The largest absolute Gasteiger partial charge is 0.308 e. The van der Waals surface area contributed by atoms with Crippen molar-refractivity contribution < 1.29 is 14.8 Å². The number of aryl methyl sites for hydroxylation is 1. The zero-order chi connectivity index (χ0) is 15.5. The minimum atomic E-state index is -0.583. The number of nitrogens with one attached hydrogen (secondary N) is 1. The van der Waals surface area contributed by atoms with Crippen LogP contribution in [0.4, 0.5) is 5.69 Å². The molecule has 0 radical (unpaired) electrons. The Balaban J connectivity index is 1.99. The monoisotopic (exact) mass is 296 g/mol. The standard InChI is InChI=1S/C17H16N2O3/c20-16(18-22)14-9-8-12-7-4-10-19(15(12)11-14)17(21)13-5-2-1-3-6-13/h1-3,5-6,8-9,11,22H,4,7,10H2,(H,18,20). The summed E-state index contributed by atoms with van der Waals surface area (Å²) in [5.41, 5.74) is 4.34. The molecular weight excluding hydrogens is 280 g/mol. The van der Waals surface area contributed by atoms with E-state index in [1.165, 1.54) is 0 Å². The van der Waals surface area contributed by atoms with Gasteiger partial charge < -0.3 is 4.90 Å². The van der Waals surface area contributed by atoms with Gasteiger partial charge in [-0.3, -0.25) is 14.8 Å². The number of anilines is 1. The zero-order valence-corrected chi connectivity index (χ0v) is 12.0. The lowest BCUT2D eigenvalue weighted by molar-refractivity contribution is 0.0706. The van der Waals surface area contributed by atoms with E-state index in [1.807, 2.05) is 24.3 Å². The molecule has 1 aliphatic heterocycles. The SMILES string of the molecule is O=C(NO)c1ccc2c(c1)N(C(=O)c1ccccc1)CCC2. The molecule has 0 spiro atoms. The topological polar surface area (TPSA) is 69.6 Å². The first-order chi connectivity index (χ1) is 10.7. The van der Waals surface area contributed by atoms with Crippen molar-refractivity contribution in [1.29, 1.82) is 0 Å². The van der Waals surface area contributed by atoms with Crippen molar-refractivity contribution in [2.24, 2.45) is 0 Å². The molecule has 0 fully saturated rings. The lowest BCUT2D eigenvalue weighted by Gasteiger charge is -2.30. The first-order valence-electron chi connectivity index (χ1n) is 7.15. The fraction of sp³-hybridized carbons (Fsp3) is 0.176. The Morgan fingerprint density at radius 3 is 2.55 bits per heavy atom. The smallest absolute Gasteiger partial charge is 0.274 e. The van der Waals surface area contributed by atoms with E-state index in [4.69, 9.17) is 5.21 Å². The van der Waals surface area contributed by atoms with Crippen LogP contribution in [0.3, 0.4) is 0 Å². The van der Waals surface area contributed by atoms with Gasteiger partial charge in [0.25, 0.3) is 11.8 Å². The molecule has 0 bridgehead atoms. The number of carbonyl (C=O) groups is 2. The van der Waals surface area contributed by atoms with Crippen molar-refractivity contribution in [3.8, 4) is 0 Å². The van der Waals surface area contributed by atoms with Gasteiger partial charge in [-0.25, -0.2) is 5.48 Å². The molecule has 0 saturated heterocycles. The Labute approximate surface area is 128 Å². The molecule has 3 rings (SSSR count). The van der Waals surface area contributed by atoms with E-state index in [9.17, 15) is 9.59 Å². The van der Waals surface area contributed by atoms with Gasteiger partial charge in [0.2, 0.25) is 0 Å². The summed E-state index contributed by atoms with van der Waals surface area (Å²) in [6, 6.07) is 14.2. The second-order valence-corrected chi connectivity index (χ2v) is 5.21. The third-order valence-corrected chi connectivity index (χ3v) is 3.83. The van der Waals surface area contributed by atoms with E-state index in [0.717, 1.165) is 24.1 Å². The first-order valence-corrected chi connectivity index (χ1v) is 7.15. The number of fused-ring (bicyclic) bond motifs is 1. The van der Waals surface area contributed by atoms with E-state index in [0.29, 0.717) is 17.7 Å². The van der Waals surface area contributed by atoms with E-state index in [-0.39, 0.29) is 5.91 Å². The summed E-state index contributed by atoms with van der Waals surface area (Å²) in [6.45, 7) is 0.616. The number of hydrogen-bond donors (Lipinski definition) is 2. The molecular formula is C17H16N2O3. The molecule has 2 N–H and O–H groups in total. The van der Waals surface area contributed by atoms with Crippen LogP contribution in [0.5, 0.6) is 0 Å². The number of hydrogen-bond acceptors (Lipinski definition) is 3. The average molecular weight is 296 g/mol. The maximum Gasteiger partial charge on any atom is 0.274 e. The summed E-state index contributed by atoms with van der Waals surface area (Å²) in [7, 11) is 0. The lowest BCUT2D eigenvalue weighted by Crippen LogP contribution is -2.35. The molecule has 2 aromatic carbocycles. The second-order valence-electron chi connectivity index (χ2n) is 5.21. The van der Waals surface area contributed by atoms with Gasteiger partial charge in [0.1, 0.15) is 0 Å². The fourth-order valence-electron chi connectivity index (χ4n) is 2.73. The van der Waals surface area contributed by atoms with Crippen molar-refractivity contribution in [3.05, 3.63) is 65.2 Å². The van der Waals surface area contributed by atoms with Crippen molar-refractivity contribution in [3.63, 3.8) is 0 Å². The minimum Gasteiger partial charge on any atom is -0.308 e. The lowest BCUT2D eigenvalue weighted by atomic mass is 9.98. The van der Waals surface area contributed by atoms with Crippen LogP contribution in [0.2, 0.25) is 0 Å². The molecule has 0 aliphatic carbocycles. The van der Waals surface area contributed by atoms with Crippen LogP contribution >= 0.6 is 0 Å². The number of hydroxylamine groups is 1. The predicted molar refractivity (Wildman–Crippen MR) is 82.1 cm³/mol. The van der Waals surface area contributed by atoms with Crippen LogP contribution in [-0.4, -0.2) is 23.6 Å². The van der Waals surface area contributed by atoms with Crippen molar-refractivity contribution in [2.45, 2.75) is 12.8 Å². The zero-order valence-electron chi connectivity index (χ0n) is 12.0. The highest BCUT2D eigenvalue weighted by atomic mass is 16.5. The van der Waals surface area contributed by atoms with Gasteiger partial charge in [0.15, 0.2) is 0 Å². The summed E-state index contributed by atoms with van der Waals surface area (Å²) in [5, 5.41) is 8.77. The van der Waals surface area contributed by atoms with Crippen LogP contribution in [0.1, 0.15) is 32.7 Å². The molecule has 2 aromatic rings. The second kappa shape index (κ2) is 5.99. The third kappa shape index (κ3) is 2.58. The average Bonchev–Trinajstić information content (AvgIpc) is 2.60. The van der Waals surface area contributed by atoms with Crippen LogP contribution in [0, 0.1) is 0 Å². The quantitative estimate of drug-likeness (QED) is 0.660. The van der Waals surface area contributed by atoms with Gasteiger partial charge in [0, 0.05) is 23.4 Å². The normalized spacial score (nSPS) is 13.4. The van der Waals surface area contributed by atoms with E-state index in [2.05, 4.69) is 0 Å². The van der Waals surface area contributed by atoms with Crippen LogP contribution in [0.25, 0.3) is 0 Å². The van der Waals surface area contributed by atoms with Gasteiger partial charge in [-0.2, -0.15) is 0 Å². The molecule has 1 heterocycles. The number of carbonyl (C=O) groups excluding carboxylic acids is 2. The number of nitrogens with zero attached hydrogens (tertiary/aromatic N) is 1. The Kier molecular flexibility index (Phi) is 3.89. The van der Waals surface area contributed by atoms with Gasteiger partial charge >= 0.3 is 0 Å². The Morgan fingerprint density at radius 1 is 1.05 bits per heavy atom. The van der Waals surface area contributed by atoms with Crippen molar-refractivity contribution in [2.75, 3.05) is 11.4 Å². The maximum absolute atomic E-state index is 12.7. The summed E-state index contributed by atoms with van der Waals surface area (Å²) >= 11 is 0. The number of benzene rings is 2. The molecule has 0 unspecified atom stereocenters. The predicted octanol–water partition coefficient (Wildman–Crippen LogP) is 2.40. The number of amides is 2. The van der Waals surface area contributed by atoms with E-state index in [1.54, 1.807) is 34.6 Å². The van der Waals surface area contributed by atoms with Gasteiger partial charge in [0.05, 0.1) is 0 Å². The van der Waals surface area contributed by atoms with Crippen molar-refractivity contribution in [1.82, 2.24) is 5.48 Å².